The van der Waals surface area contributed by atoms with Gasteiger partial charge in [-0.1, -0.05) is 18.2 Å². The number of alkyl halides is 3. The van der Waals surface area contributed by atoms with E-state index >= 15 is 0 Å². The van der Waals surface area contributed by atoms with Crippen LogP contribution in [0.15, 0.2) is 41.8 Å². The number of carbonyl (C=O) groups excluding carboxylic acids is 3. The molecule has 6 nitrogen and oxygen atoms in total. The summed E-state index contributed by atoms with van der Waals surface area (Å²) in [7, 11) is 0. The van der Waals surface area contributed by atoms with Crippen molar-refractivity contribution in [2.45, 2.75) is 6.18 Å². The molecule has 25 heavy (non-hydrogen) atoms. The Balaban J connectivity index is 1.88. The first kappa shape index (κ1) is 18.5. The van der Waals surface area contributed by atoms with E-state index < -0.39 is 41.7 Å². The van der Waals surface area contributed by atoms with Gasteiger partial charge in [0.05, 0.1) is 16.0 Å². The van der Waals surface area contributed by atoms with Gasteiger partial charge in [-0.05, 0) is 23.6 Å². The average molecular weight is 372 g/mol. The van der Waals surface area contributed by atoms with Crippen LogP contribution in [0.25, 0.3) is 0 Å². The standard InChI is InChI=1S/C15H11F3N2O4S/c16-15(17,18)10-5-2-1-4-9(10)14(23)24-8-12(21)19-20-13(22)11-6-3-7-25-11/h1-7H,8H2,(H,19,21)(H,20,22). The second-order valence-corrected chi connectivity index (χ2v) is 5.55. The average Bonchev–Trinajstić information content (AvgIpc) is 3.11. The summed E-state index contributed by atoms with van der Waals surface area (Å²) in [5, 5.41) is 1.66. The predicted octanol–water partition coefficient (Wildman–Crippen LogP) is 2.38. The molecular formula is C15H11F3N2O4S. The quantitative estimate of drug-likeness (QED) is 0.638. The zero-order chi connectivity index (χ0) is 18.4. The normalized spacial score (nSPS) is 10.8. The molecule has 2 amide bonds. The Hall–Kier alpha value is -2.88. The third kappa shape index (κ3) is 5.05. The number of halogens is 3. The van der Waals surface area contributed by atoms with Crippen molar-refractivity contribution in [1.29, 1.82) is 0 Å². The molecule has 0 aliphatic rings. The number of rotatable bonds is 4. The number of nitrogens with one attached hydrogen (secondary N) is 2. The van der Waals surface area contributed by atoms with Gasteiger partial charge in [-0.3, -0.25) is 20.4 Å². The molecule has 0 atom stereocenters. The van der Waals surface area contributed by atoms with Crippen LogP contribution in [0.2, 0.25) is 0 Å². The van der Waals surface area contributed by atoms with Gasteiger partial charge in [0.25, 0.3) is 11.8 Å². The number of esters is 1. The fourth-order valence-electron chi connectivity index (χ4n) is 1.75. The summed E-state index contributed by atoms with van der Waals surface area (Å²) < 4.78 is 43.0. The summed E-state index contributed by atoms with van der Waals surface area (Å²) in [4.78, 5) is 35.2. The summed E-state index contributed by atoms with van der Waals surface area (Å²) in [6, 6.07) is 7.22. The maximum atomic E-state index is 12.8. The number of hydrazine groups is 1. The first-order valence-electron chi connectivity index (χ1n) is 6.75. The molecule has 0 spiro atoms. The SMILES string of the molecule is O=C(COC(=O)c1ccccc1C(F)(F)F)NNC(=O)c1cccs1. The lowest BCUT2D eigenvalue weighted by atomic mass is 10.1. The molecule has 0 radical (unpaired) electrons. The maximum absolute atomic E-state index is 12.8. The highest BCUT2D eigenvalue weighted by atomic mass is 32.1. The van der Waals surface area contributed by atoms with Crippen LogP contribution in [0.4, 0.5) is 13.2 Å². The van der Waals surface area contributed by atoms with Crippen molar-refractivity contribution < 1.29 is 32.3 Å². The second kappa shape index (κ2) is 7.79. The molecule has 0 saturated heterocycles. The Bertz CT molecular complexity index is 775. The lowest BCUT2D eigenvalue weighted by Crippen LogP contribution is -2.43. The molecule has 1 aromatic carbocycles. The minimum atomic E-state index is -4.73. The minimum Gasteiger partial charge on any atom is -0.452 e. The van der Waals surface area contributed by atoms with Crippen LogP contribution in [0.5, 0.6) is 0 Å². The van der Waals surface area contributed by atoms with E-state index in [9.17, 15) is 27.6 Å². The summed E-state index contributed by atoms with van der Waals surface area (Å²) in [5.41, 5.74) is 2.21. The van der Waals surface area contributed by atoms with Gasteiger partial charge in [0.2, 0.25) is 0 Å². The van der Waals surface area contributed by atoms with Gasteiger partial charge in [-0.15, -0.1) is 11.3 Å². The molecule has 0 fully saturated rings. The third-order valence-corrected chi connectivity index (χ3v) is 3.72. The summed E-state index contributed by atoms with van der Waals surface area (Å²) in [6.07, 6.45) is -4.73. The van der Waals surface area contributed by atoms with Gasteiger partial charge in [-0.2, -0.15) is 13.2 Å². The van der Waals surface area contributed by atoms with Crippen LogP contribution in [0, 0.1) is 0 Å². The van der Waals surface area contributed by atoms with Crippen LogP contribution in [0.3, 0.4) is 0 Å². The minimum absolute atomic E-state index is 0.344. The van der Waals surface area contributed by atoms with Gasteiger partial charge >= 0.3 is 12.1 Å². The Morgan fingerprint density at radius 2 is 1.76 bits per heavy atom. The number of ether oxygens (including phenoxy) is 1. The van der Waals surface area contributed by atoms with E-state index in [2.05, 4.69) is 10.2 Å². The van der Waals surface area contributed by atoms with Crippen molar-refractivity contribution in [3.05, 3.63) is 57.8 Å². The van der Waals surface area contributed by atoms with Crippen molar-refractivity contribution >= 4 is 29.1 Å². The van der Waals surface area contributed by atoms with Gasteiger partial charge in [0, 0.05) is 0 Å². The Morgan fingerprint density at radius 1 is 1.04 bits per heavy atom. The zero-order valence-electron chi connectivity index (χ0n) is 12.4. The van der Waals surface area contributed by atoms with Gasteiger partial charge in [-0.25, -0.2) is 4.79 Å². The highest BCUT2D eigenvalue weighted by molar-refractivity contribution is 7.12. The first-order chi connectivity index (χ1) is 11.8. The molecular weight excluding hydrogens is 361 g/mol. The highest BCUT2D eigenvalue weighted by Crippen LogP contribution is 2.32. The molecule has 1 heterocycles. The third-order valence-electron chi connectivity index (χ3n) is 2.85. The van der Waals surface area contributed by atoms with Gasteiger partial charge < -0.3 is 4.74 Å². The molecule has 132 valence electrons. The molecule has 10 heteroatoms. The van der Waals surface area contributed by atoms with E-state index in [1.54, 1.807) is 11.4 Å². The van der Waals surface area contributed by atoms with Crippen LogP contribution in [-0.4, -0.2) is 24.4 Å². The number of hydrogen-bond acceptors (Lipinski definition) is 5. The number of amides is 2. The number of thiophene rings is 1. The smallest absolute Gasteiger partial charge is 0.417 e. The number of carbonyl (C=O) groups is 3. The number of benzene rings is 1. The van der Waals surface area contributed by atoms with E-state index in [-0.39, 0.29) is 0 Å². The Morgan fingerprint density at radius 3 is 2.40 bits per heavy atom. The molecule has 0 aliphatic heterocycles. The maximum Gasteiger partial charge on any atom is 0.417 e. The summed E-state index contributed by atoms with van der Waals surface area (Å²) in [5.74, 6) is -2.77. The molecule has 0 unspecified atom stereocenters. The molecule has 0 bridgehead atoms. The monoisotopic (exact) mass is 372 g/mol. The zero-order valence-corrected chi connectivity index (χ0v) is 13.2. The number of hydrogen-bond donors (Lipinski definition) is 2. The van der Waals surface area contributed by atoms with Crippen LogP contribution in [0.1, 0.15) is 25.6 Å². The van der Waals surface area contributed by atoms with E-state index in [4.69, 9.17) is 0 Å². The van der Waals surface area contributed by atoms with Crippen molar-refractivity contribution in [2.75, 3.05) is 6.61 Å². The predicted molar refractivity (Wildman–Crippen MR) is 81.7 cm³/mol. The molecule has 0 aliphatic carbocycles. The first-order valence-corrected chi connectivity index (χ1v) is 7.63. The summed E-state index contributed by atoms with van der Waals surface area (Å²) in [6.45, 7) is -0.851. The van der Waals surface area contributed by atoms with Crippen LogP contribution < -0.4 is 10.9 Å². The highest BCUT2D eigenvalue weighted by Gasteiger charge is 2.35. The van der Waals surface area contributed by atoms with E-state index in [1.165, 1.54) is 12.1 Å². The lowest BCUT2D eigenvalue weighted by molar-refractivity contribution is -0.138. The fraction of sp³-hybridized carbons (Fsp3) is 0.133. The molecule has 2 aromatic rings. The topological polar surface area (TPSA) is 84.5 Å². The van der Waals surface area contributed by atoms with Crippen molar-refractivity contribution in [2.24, 2.45) is 0 Å². The largest absolute Gasteiger partial charge is 0.452 e. The second-order valence-electron chi connectivity index (χ2n) is 4.60. The van der Waals surface area contributed by atoms with E-state index in [0.717, 1.165) is 29.5 Å². The van der Waals surface area contributed by atoms with Crippen LogP contribution in [-0.2, 0) is 15.7 Å². The van der Waals surface area contributed by atoms with Gasteiger partial charge in [0.15, 0.2) is 6.61 Å². The molecule has 2 N–H and O–H groups in total. The molecule has 1 aromatic heterocycles. The van der Waals surface area contributed by atoms with Crippen molar-refractivity contribution in [3.8, 4) is 0 Å². The summed E-state index contributed by atoms with van der Waals surface area (Å²) >= 11 is 1.15. The van der Waals surface area contributed by atoms with Gasteiger partial charge in [0.1, 0.15) is 0 Å². The fourth-order valence-corrected chi connectivity index (χ4v) is 2.37. The molecule has 2 rings (SSSR count). The molecule has 0 saturated carbocycles. The Labute approximate surface area is 143 Å². The van der Waals surface area contributed by atoms with E-state index in [0.29, 0.717) is 4.88 Å². The van der Waals surface area contributed by atoms with Crippen molar-refractivity contribution in [1.82, 2.24) is 10.9 Å². The van der Waals surface area contributed by atoms with E-state index in [1.807, 2.05) is 5.43 Å². The lowest BCUT2D eigenvalue weighted by Gasteiger charge is -2.12. The Kier molecular flexibility index (Phi) is 5.75. The van der Waals surface area contributed by atoms with Crippen molar-refractivity contribution in [3.63, 3.8) is 0 Å². The van der Waals surface area contributed by atoms with Crippen LogP contribution >= 0.6 is 11.3 Å².